The van der Waals surface area contributed by atoms with Crippen LogP contribution in [0.15, 0.2) is 0 Å². The maximum Gasteiger partial charge on any atom is 0.229 e. The highest BCUT2D eigenvalue weighted by Crippen LogP contribution is 2.28. The molecule has 0 bridgehead atoms. The van der Waals surface area contributed by atoms with Gasteiger partial charge in [-0.25, -0.2) is 0 Å². The lowest BCUT2D eigenvalue weighted by molar-refractivity contribution is 0.800. The van der Waals surface area contributed by atoms with Crippen LogP contribution in [-0.4, -0.2) is 14.1 Å². The third-order valence-electron chi connectivity index (χ3n) is 2.38. The van der Waals surface area contributed by atoms with Gasteiger partial charge in [0.15, 0.2) is 0 Å². The summed E-state index contributed by atoms with van der Waals surface area (Å²) in [6.07, 6.45) is 1.19. The highest BCUT2D eigenvalue weighted by atomic mass is 35.6. The molecule has 3 heteroatoms. The fourth-order valence-electron chi connectivity index (χ4n) is 1.27. The van der Waals surface area contributed by atoms with Gasteiger partial charge in [0.25, 0.3) is 0 Å². The van der Waals surface area contributed by atoms with Crippen LogP contribution in [-0.2, 0) is 0 Å². The predicted octanol–water partition coefficient (Wildman–Crippen LogP) is 3.10. The molecule has 0 aliphatic heterocycles. The van der Waals surface area contributed by atoms with Crippen LogP contribution in [0.4, 0.5) is 0 Å². The molecule has 0 fully saturated rings. The zero-order valence-electron chi connectivity index (χ0n) is 8.08. The molecule has 11 heavy (non-hydrogen) atoms. The molecule has 0 saturated heterocycles. The van der Waals surface area contributed by atoms with E-state index in [0.717, 1.165) is 12.6 Å². The van der Waals surface area contributed by atoms with E-state index in [2.05, 4.69) is 32.7 Å². The fraction of sp³-hybridized carbons (Fsp3) is 1.00. The second kappa shape index (κ2) is 5.17. The maximum absolute atomic E-state index is 6.50. The zero-order chi connectivity index (χ0) is 8.91. The van der Waals surface area contributed by atoms with Crippen molar-refractivity contribution in [3.05, 3.63) is 0 Å². The largest absolute Gasteiger partial charge is 0.325 e. The molecule has 0 spiro atoms. The van der Waals surface area contributed by atoms with E-state index < -0.39 is 7.55 Å². The van der Waals surface area contributed by atoms with Gasteiger partial charge in [0.2, 0.25) is 7.55 Å². The van der Waals surface area contributed by atoms with Crippen molar-refractivity contribution >= 4 is 18.6 Å². The molecule has 0 aliphatic rings. The molecular formula is C8H20ClNSi. The van der Waals surface area contributed by atoms with Gasteiger partial charge >= 0.3 is 0 Å². The summed E-state index contributed by atoms with van der Waals surface area (Å²) in [5, 5.41) is 0. The van der Waals surface area contributed by atoms with E-state index in [1.165, 1.54) is 6.42 Å². The highest BCUT2D eigenvalue weighted by Gasteiger charge is 2.33. The van der Waals surface area contributed by atoms with Crippen LogP contribution in [0.5, 0.6) is 0 Å². The number of hydrogen-bond acceptors (Lipinski definition) is 1. The predicted molar refractivity (Wildman–Crippen MR) is 55.5 cm³/mol. The summed E-state index contributed by atoms with van der Waals surface area (Å²) in [6.45, 7) is 9.79. The van der Waals surface area contributed by atoms with Gasteiger partial charge in [0.05, 0.1) is 0 Å². The molecule has 2 atom stereocenters. The van der Waals surface area contributed by atoms with E-state index in [1.54, 1.807) is 0 Å². The van der Waals surface area contributed by atoms with Crippen LogP contribution in [0.3, 0.4) is 0 Å². The Bertz CT molecular complexity index is 110. The van der Waals surface area contributed by atoms with Crippen molar-refractivity contribution in [2.45, 2.75) is 45.7 Å². The Labute approximate surface area is 76.3 Å². The first kappa shape index (κ1) is 11.5. The second-order valence-corrected chi connectivity index (χ2v) is 8.85. The number of rotatable bonds is 5. The van der Waals surface area contributed by atoms with Gasteiger partial charge in [-0.2, -0.15) is 0 Å². The third-order valence-corrected chi connectivity index (χ3v) is 8.64. The third kappa shape index (κ3) is 3.14. The van der Waals surface area contributed by atoms with E-state index in [-0.39, 0.29) is 0 Å². The summed E-state index contributed by atoms with van der Waals surface area (Å²) in [5.41, 5.74) is 0.675. The van der Waals surface area contributed by atoms with E-state index in [9.17, 15) is 0 Å². The van der Waals surface area contributed by atoms with Crippen molar-refractivity contribution in [2.24, 2.45) is 0 Å². The lowest BCUT2D eigenvalue weighted by atomic mass is 10.4. The molecule has 0 aromatic carbocycles. The van der Waals surface area contributed by atoms with Crippen molar-refractivity contribution in [3.8, 4) is 0 Å². The molecule has 0 heterocycles. The van der Waals surface area contributed by atoms with Gasteiger partial charge in [-0.15, -0.1) is 11.1 Å². The Balaban J connectivity index is 4.07. The van der Waals surface area contributed by atoms with Crippen molar-refractivity contribution < 1.29 is 0 Å². The van der Waals surface area contributed by atoms with Gasteiger partial charge < -0.3 is 4.98 Å². The standard InChI is InChI=1S/C8H20ClNSi/c1-5-8(4)11(9,7-3)10-6-2/h8,10H,5-7H2,1-4H3. The lowest BCUT2D eigenvalue weighted by Gasteiger charge is -2.29. The van der Waals surface area contributed by atoms with Gasteiger partial charge in [-0.1, -0.05) is 34.1 Å². The van der Waals surface area contributed by atoms with Crippen LogP contribution in [0.1, 0.15) is 34.1 Å². The summed E-state index contributed by atoms with van der Waals surface area (Å²) in [5.74, 6) is 0. The molecule has 1 nitrogen and oxygen atoms in total. The quantitative estimate of drug-likeness (QED) is 0.523. The second-order valence-electron chi connectivity index (χ2n) is 3.06. The molecule has 0 amide bonds. The molecular weight excluding hydrogens is 174 g/mol. The van der Waals surface area contributed by atoms with Crippen LogP contribution in [0.25, 0.3) is 0 Å². The first-order chi connectivity index (χ1) is 5.10. The monoisotopic (exact) mass is 193 g/mol. The van der Waals surface area contributed by atoms with Crippen molar-refractivity contribution in [2.75, 3.05) is 6.54 Å². The van der Waals surface area contributed by atoms with Crippen molar-refractivity contribution in [3.63, 3.8) is 0 Å². The van der Waals surface area contributed by atoms with E-state index in [0.29, 0.717) is 5.54 Å². The van der Waals surface area contributed by atoms with Crippen LogP contribution >= 0.6 is 11.1 Å². The SMILES string of the molecule is CCN[Si](Cl)(CC)C(C)CC. The summed E-state index contributed by atoms with van der Waals surface area (Å²) in [4.78, 5) is 3.46. The van der Waals surface area contributed by atoms with Crippen LogP contribution < -0.4 is 4.98 Å². The average Bonchev–Trinajstić information content (AvgIpc) is 2.03. The first-order valence-electron chi connectivity index (χ1n) is 4.54. The Kier molecular flexibility index (Phi) is 5.39. The minimum atomic E-state index is -1.60. The molecule has 0 aliphatic carbocycles. The molecule has 1 N–H and O–H groups in total. The summed E-state index contributed by atoms with van der Waals surface area (Å²) in [7, 11) is -1.60. The molecule has 2 unspecified atom stereocenters. The Hall–Kier alpha value is 0.467. The lowest BCUT2D eigenvalue weighted by Crippen LogP contribution is -2.47. The molecule has 0 aromatic rings. The van der Waals surface area contributed by atoms with Crippen LogP contribution in [0, 0.1) is 0 Å². The smallest absolute Gasteiger partial charge is 0.229 e. The molecule has 0 aromatic heterocycles. The minimum Gasteiger partial charge on any atom is -0.325 e. The van der Waals surface area contributed by atoms with Gasteiger partial charge in [0, 0.05) is 0 Å². The van der Waals surface area contributed by atoms with Crippen molar-refractivity contribution in [1.29, 1.82) is 0 Å². The highest BCUT2D eigenvalue weighted by molar-refractivity contribution is 7.19. The van der Waals surface area contributed by atoms with Crippen LogP contribution in [0.2, 0.25) is 11.6 Å². The maximum atomic E-state index is 6.50. The van der Waals surface area contributed by atoms with Gasteiger partial charge in [0.1, 0.15) is 0 Å². The molecule has 0 saturated carbocycles. The normalized spacial score (nSPS) is 19.4. The topological polar surface area (TPSA) is 12.0 Å². The molecule has 68 valence electrons. The van der Waals surface area contributed by atoms with Gasteiger partial charge in [-0.05, 0) is 18.1 Å². The average molecular weight is 194 g/mol. The number of nitrogens with one attached hydrogen (secondary N) is 1. The fourth-order valence-corrected chi connectivity index (χ4v) is 4.66. The number of halogens is 1. The van der Waals surface area contributed by atoms with E-state index >= 15 is 0 Å². The van der Waals surface area contributed by atoms with E-state index in [4.69, 9.17) is 11.1 Å². The van der Waals surface area contributed by atoms with Crippen molar-refractivity contribution in [1.82, 2.24) is 4.98 Å². The van der Waals surface area contributed by atoms with E-state index in [1.807, 2.05) is 0 Å². The molecule has 0 rings (SSSR count). The Morgan fingerprint density at radius 3 is 2.18 bits per heavy atom. The summed E-state index contributed by atoms with van der Waals surface area (Å²) >= 11 is 6.50. The Morgan fingerprint density at radius 2 is 1.91 bits per heavy atom. The van der Waals surface area contributed by atoms with Gasteiger partial charge in [-0.3, -0.25) is 0 Å². The summed E-state index contributed by atoms with van der Waals surface area (Å²) in [6, 6.07) is 1.12. The zero-order valence-corrected chi connectivity index (χ0v) is 9.83. The molecule has 0 radical (unpaired) electrons. The summed E-state index contributed by atoms with van der Waals surface area (Å²) < 4.78 is 0. The first-order valence-corrected chi connectivity index (χ1v) is 7.84. The Morgan fingerprint density at radius 1 is 1.36 bits per heavy atom. The number of hydrogen-bond donors (Lipinski definition) is 1. The minimum absolute atomic E-state index is 0.675.